The molecule has 0 N–H and O–H groups in total. The summed E-state index contributed by atoms with van der Waals surface area (Å²) in [6.07, 6.45) is -3.80. The largest absolute Gasteiger partial charge is 0.353 e. The van der Waals surface area contributed by atoms with Crippen LogP contribution in [0.3, 0.4) is 0 Å². The van der Waals surface area contributed by atoms with Gasteiger partial charge in [0.05, 0.1) is 25.4 Å². The van der Waals surface area contributed by atoms with E-state index in [1.54, 1.807) is 0 Å². The highest BCUT2D eigenvalue weighted by molar-refractivity contribution is 7.86. The monoisotopic (exact) mass is 398 g/mol. The minimum atomic E-state index is -4.09. The van der Waals surface area contributed by atoms with Gasteiger partial charge in [-0.1, -0.05) is 0 Å². The lowest BCUT2D eigenvalue weighted by molar-refractivity contribution is -0.243. The molecule has 4 unspecified atom stereocenters. The zero-order valence-electron chi connectivity index (χ0n) is 12.7. The first-order chi connectivity index (χ1) is 10.2. The van der Waals surface area contributed by atoms with Gasteiger partial charge in [0.1, 0.15) is 12.2 Å². The van der Waals surface area contributed by atoms with E-state index in [9.17, 15) is 25.3 Å². The Morgan fingerprint density at radius 1 is 0.783 bits per heavy atom. The smallest absolute Gasteiger partial charge is 0.264 e. The first kappa shape index (κ1) is 20.7. The number of hydrogen-bond acceptors (Lipinski definition) is 11. The second-order valence-electron chi connectivity index (χ2n) is 4.81. The highest BCUT2D eigenvalue weighted by atomic mass is 32.2. The van der Waals surface area contributed by atoms with Crippen molar-refractivity contribution in [1.29, 1.82) is 0 Å². The first-order valence-corrected chi connectivity index (χ1v) is 11.5. The normalized spacial score (nSPS) is 30.3. The molecule has 23 heavy (non-hydrogen) atoms. The van der Waals surface area contributed by atoms with Gasteiger partial charge in [-0.25, -0.2) is 0 Å². The maximum absolute atomic E-state index is 11.4. The van der Waals surface area contributed by atoms with Crippen LogP contribution in [0.1, 0.15) is 0 Å². The van der Waals surface area contributed by atoms with Gasteiger partial charge in [0.2, 0.25) is 0 Å². The highest BCUT2D eigenvalue weighted by Crippen LogP contribution is 2.27. The minimum absolute atomic E-state index is 0.421. The first-order valence-electron chi connectivity index (χ1n) is 6.01. The third-order valence-corrected chi connectivity index (χ3v) is 4.23. The van der Waals surface area contributed by atoms with Crippen molar-refractivity contribution in [2.24, 2.45) is 0 Å². The Hall–Kier alpha value is -0.350. The van der Waals surface area contributed by atoms with Gasteiger partial charge in [-0.15, -0.1) is 0 Å². The van der Waals surface area contributed by atoms with E-state index in [-0.39, 0.29) is 0 Å². The molecule has 0 amide bonds. The topological polar surface area (TPSA) is 149 Å². The van der Waals surface area contributed by atoms with E-state index in [0.717, 1.165) is 12.5 Å². The van der Waals surface area contributed by atoms with Gasteiger partial charge >= 0.3 is 0 Å². The molecule has 1 heterocycles. The SMILES string of the molecule is COC1OCC(OS(C)(=O)=O)C(OS(C)(=O)=O)C1OS(C)(=O)=O. The summed E-state index contributed by atoms with van der Waals surface area (Å²) in [5, 5.41) is 0. The van der Waals surface area contributed by atoms with Crippen LogP contribution in [0.15, 0.2) is 0 Å². The van der Waals surface area contributed by atoms with E-state index < -0.39 is 61.6 Å². The standard InChI is InChI=1S/C9H18O11S3/c1-16-9-8(20-23(4,14)15)7(19-22(3,12)13)6(5-17-9)18-21(2,10)11/h6-9H,5H2,1-4H3. The molecule has 11 nitrogen and oxygen atoms in total. The number of hydrogen-bond donors (Lipinski definition) is 0. The molecular weight excluding hydrogens is 380 g/mol. The molecule has 0 aromatic rings. The van der Waals surface area contributed by atoms with Crippen molar-refractivity contribution in [2.45, 2.75) is 24.6 Å². The van der Waals surface area contributed by atoms with Crippen LogP contribution < -0.4 is 0 Å². The fourth-order valence-corrected chi connectivity index (χ4v) is 3.73. The van der Waals surface area contributed by atoms with Gasteiger partial charge < -0.3 is 9.47 Å². The van der Waals surface area contributed by atoms with E-state index in [4.69, 9.17) is 22.0 Å². The van der Waals surface area contributed by atoms with Crippen molar-refractivity contribution in [1.82, 2.24) is 0 Å². The lowest BCUT2D eigenvalue weighted by atomic mass is 10.1. The van der Waals surface area contributed by atoms with E-state index >= 15 is 0 Å². The van der Waals surface area contributed by atoms with Crippen molar-refractivity contribution in [2.75, 3.05) is 32.5 Å². The Bertz CT molecular complexity index is 708. The van der Waals surface area contributed by atoms with Gasteiger partial charge in [0.25, 0.3) is 30.4 Å². The Kier molecular flexibility index (Phi) is 6.54. The van der Waals surface area contributed by atoms with Gasteiger partial charge in [-0.3, -0.25) is 12.5 Å². The van der Waals surface area contributed by atoms with Crippen LogP contribution in [-0.2, 0) is 52.4 Å². The second kappa shape index (κ2) is 7.26. The van der Waals surface area contributed by atoms with Crippen LogP contribution in [0.4, 0.5) is 0 Å². The lowest BCUT2D eigenvalue weighted by Gasteiger charge is -2.39. The summed E-state index contributed by atoms with van der Waals surface area (Å²) < 4.78 is 92.3. The maximum Gasteiger partial charge on any atom is 0.264 e. The van der Waals surface area contributed by atoms with Crippen LogP contribution in [0, 0.1) is 0 Å². The average Bonchev–Trinajstić information content (AvgIpc) is 2.28. The van der Waals surface area contributed by atoms with Crippen LogP contribution in [0.2, 0.25) is 0 Å². The third kappa shape index (κ3) is 7.38. The highest BCUT2D eigenvalue weighted by Gasteiger charge is 2.48. The molecular formula is C9H18O11S3. The molecule has 0 aliphatic carbocycles. The predicted octanol–water partition coefficient (Wildman–Crippen LogP) is -1.98. The summed E-state index contributed by atoms with van der Waals surface area (Å²) in [6.45, 7) is -0.421. The van der Waals surface area contributed by atoms with Crippen molar-refractivity contribution in [3.63, 3.8) is 0 Å². The zero-order valence-corrected chi connectivity index (χ0v) is 15.2. The minimum Gasteiger partial charge on any atom is -0.353 e. The molecule has 1 saturated heterocycles. The molecule has 0 radical (unpaired) electrons. The van der Waals surface area contributed by atoms with E-state index in [0.29, 0.717) is 6.26 Å². The van der Waals surface area contributed by atoms with Crippen LogP contribution in [-0.4, -0.2) is 82.3 Å². The summed E-state index contributed by atoms with van der Waals surface area (Å²) in [5.74, 6) is 0. The number of rotatable bonds is 7. The molecule has 14 heteroatoms. The van der Waals surface area contributed by atoms with Crippen molar-refractivity contribution in [3.05, 3.63) is 0 Å². The van der Waals surface area contributed by atoms with Crippen molar-refractivity contribution < 1.29 is 47.3 Å². The third-order valence-electron chi connectivity index (χ3n) is 2.49. The molecule has 1 aliphatic heterocycles. The van der Waals surface area contributed by atoms with Gasteiger partial charge in [-0.05, 0) is 0 Å². The Labute approximate surface area is 135 Å². The van der Waals surface area contributed by atoms with Crippen molar-refractivity contribution >= 4 is 30.4 Å². The van der Waals surface area contributed by atoms with Gasteiger partial charge in [-0.2, -0.15) is 25.3 Å². The number of ether oxygens (including phenoxy) is 2. The Morgan fingerprint density at radius 2 is 1.22 bits per heavy atom. The van der Waals surface area contributed by atoms with Crippen LogP contribution in [0.5, 0.6) is 0 Å². The number of methoxy groups -OCH3 is 1. The molecule has 0 aromatic heterocycles. The summed E-state index contributed by atoms with van der Waals surface area (Å²) in [6, 6.07) is 0. The molecule has 1 rings (SSSR count). The summed E-state index contributed by atoms with van der Waals surface area (Å²) >= 11 is 0. The summed E-state index contributed by atoms with van der Waals surface area (Å²) in [5.41, 5.74) is 0. The fraction of sp³-hybridized carbons (Fsp3) is 1.00. The zero-order chi connectivity index (χ0) is 18.1. The molecule has 0 bridgehead atoms. The average molecular weight is 398 g/mol. The summed E-state index contributed by atoms with van der Waals surface area (Å²) in [4.78, 5) is 0. The fourth-order valence-electron chi connectivity index (χ4n) is 1.88. The molecule has 0 aromatic carbocycles. The molecule has 1 fully saturated rings. The summed E-state index contributed by atoms with van der Waals surface area (Å²) in [7, 11) is -11.0. The Balaban J connectivity index is 3.23. The Morgan fingerprint density at radius 3 is 1.61 bits per heavy atom. The maximum atomic E-state index is 11.4. The molecule has 4 atom stereocenters. The molecule has 0 spiro atoms. The van der Waals surface area contributed by atoms with E-state index in [2.05, 4.69) is 0 Å². The van der Waals surface area contributed by atoms with Crippen molar-refractivity contribution in [3.8, 4) is 0 Å². The van der Waals surface area contributed by atoms with E-state index in [1.165, 1.54) is 7.11 Å². The van der Waals surface area contributed by atoms with Crippen LogP contribution in [0.25, 0.3) is 0 Å². The van der Waals surface area contributed by atoms with Gasteiger partial charge in [0.15, 0.2) is 12.4 Å². The second-order valence-corrected chi connectivity index (χ2v) is 9.61. The predicted molar refractivity (Wildman–Crippen MR) is 75.9 cm³/mol. The van der Waals surface area contributed by atoms with Gasteiger partial charge in [0, 0.05) is 7.11 Å². The molecule has 138 valence electrons. The van der Waals surface area contributed by atoms with Crippen LogP contribution >= 0.6 is 0 Å². The lowest BCUT2D eigenvalue weighted by Crippen LogP contribution is -2.57. The molecule has 1 aliphatic rings. The van der Waals surface area contributed by atoms with E-state index in [1.807, 2.05) is 0 Å². The quantitative estimate of drug-likeness (QED) is 0.439. The molecule has 0 saturated carbocycles.